The van der Waals surface area contributed by atoms with Gasteiger partial charge in [0.25, 0.3) is 0 Å². The molecule has 0 unspecified atom stereocenters. The zero-order valence-electron chi connectivity index (χ0n) is 9.62. The van der Waals surface area contributed by atoms with Gasteiger partial charge in [0.05, 0.1) is 4.75 Å². The number of nitrogens with one attached hydrogen (secondary N) is 1. The van der Waals surface area contributed by atoms with E-state index in [9.17, 15) is 8.42 Å². The highest BCUT2D eigenvalue weighted by atomic mass is 79.9. The standard InChI is InChI=1S/C11H16BrNO2S/c1-11(2,3)16(14,15)13-10-6-4-9(8-12)5-7-10/h4-7,13H,8H2,1-3H3. The summed E-state index contributed by atoms with van der Waals surface area (Å²) in [7, 11) is -3.33. The van der Waals surface area contributed by atoms with E-state index in [4.69, 9.17) is 0 Å². The summed E-state index contributed by atoms with van der Waals surface area (Å²) in [6.45, 7) is 5.01. The molecule has 16 heavy (non-hydrogen) atoms. The Morgan fingerprint density at radius 3 is 2.06 bits per heavy atom. The quantitative estimate of drug-likeness (QED) is 0.872. The molecule has 1 aromatic carbocycles. The molecular weight excluding hydrogens is 290 g/mol. The van der Waals surface area contributed by atoms with Gasteiger partial charge < -0.3 is 0 Å². The Morgan fingerprint density at radius 1 is 1.19 bits per heavy atom. The molecule has 0 radical (unpaired) electrons. The van der Waals surface area contributed by atoms with Crippen molar-refractivity contribution in [2.75, 3.05) is 4.72 Å². The van der Waals surface area contributed by atoms with Crippen LogP contribution >= 0.6 is 15.9 Å². The van der Waals surface area contributed by atoms with Gasteiger partial charge in [-0.2, -0.15) is 0 Å². The van der Waals surface area contributed by atoms with Crippen molar-refractivity contribution in [3.05, 3.63) is 29.8 Å². The Bertz CT molecular complexity index is 446. The molecule has 0 aromatic heterocycles. The number of halogens is 1. The fourth-order valence-electron chi connectivity index (χ4n) is 0.970. The summed E-state index contributed by atoms with van der Waals surface area (Å²) < 4.78 is 25.5. The van der Waals surface area contributed by atoms with Gasteiger partial charge in [-0.15, -0.1) is 0 Å². The van der Waals surface area contributed by atoms with Crippen LogP contribution in [0.25, 0.3) is 0 Å². The number of rotatable bonds is 3. The van der Waals surface area contributed by atoms with Crippen LogP contribution in [0.4, 0.5) is 5.69 Å². The van der Waals surface area contributed by atoms with Gasteiger partial charge in [-0.05, 0) is 38.5 Å². The summed E-state index contributed by atoms with van der Waals surface area (Å²) in [5.41, 5.74) is 1.71. The predicted molar refractivity (Wildman–Crippen MR) is 71.4 cm³/mol. The molecule has 0 saturated heterocycles. The molecule has 0 aliphatic heterocycles. The summed E-state index contributed by atoms with van der Waals surface area (Å²) >= 11 is 3.34. The Labute approximate surface area is 105 Å². The number of anilines is 1. The van der Waals surface area contributed by atoms with Crippen molar-refractivity contribution in [2.24, 2.45) is 0 Å². The first-order valence-corrected chi connectivity index (χ1v) is 7.54. The largest absolute Gasteiger partial charge is 0.283 e. The van der Waals surface area contributed by atoms with Crippen molar-refractivity contribution in [3.8, 4) is 0 Å². The van der Waals surface area contributed by atoms with E-state index in [1.54, 1.807) is 32.9 Å². The maximum atomic E-state index is 11.9. The highest BCUT2D eigenvalue weighted by Gasteiger charge is 2.28. The van der Waals surface area contributed by atoms with E-state index >= 15 is 0 Å². The van der Waals surface area contributed by atoms with Gasteiger partial charge >= 0.3 is 0 Å². The first-order chi connectivity index (χ1) is 7.26. The van der Waals surface area contributed by atoms with Gasteiger partial charge in [0.2, 0.25) is 10.0 Å². The molecule has 0 saturated carbocycles. The summed E-state index contributed by atoms with van der Waals surface area (Å²) in [6, 6.07) is 7.30. The van der Waals surface area contributed by atoms with Crippen molar-refractivity contribution in [1.82, 2.24) is 0 Å². The monoisotopic (exact) mass is 305 g/mol. The number of hydrogen-bond donors (Lipinski definition) is 1. The van der Waals surface area contributed by atoms with Crippen LogP contribution in [0.2, 0.25) is 0 Å². The summed E-state index contributed by atoms with van der Waals surface area (Å²) in [6.07, 6.45) is 0. The fourth-order valence-corrected chi connectivity index (χ4v) is 2.10. The number of hydrogen-bond acceptors (Lipinski definition) is 2. The molecule has 0 atom stereocenters. The van der Waals surface area contributed by atoms with Gasteiger partial charge in [0.1, 0.15) is 0 Å². The fraction of sp³-hybridized carbons (Fsp3) is 0.455. The minimum Gasteiger partial charge on any atom is -0.283 e. The molecule has 1 aromatic rings. The van der Waals surface area contributed by atoms with Crippen LogP contribution in [0, 0.1) is 0 Å². The van der Waals surface area contributed by atoms with Gasteiger partial charge in [0.15, 0.2) is 0 Å². The van der Waals surface area contributed by atoms with E-state index in [1.807, 2.05) is 12.1 Å². The Morgan fingerprint density at radius 2 is 1.69 bits per heavy atom. The minimum absolute atomic E-state index is 0.597. The average Bonchev–Trinajstić information content (AvgIpc) is 2.16. The maximum absolute atomic E-state index is 11.9. The molecule has 90 valence electrons. The van der Waals surface area contributed by atoms with Crippen molar-refractivity contribution in [1.29, 1.82) is 0 Å². The third kappa shape index (κ3) is 3.22. The Kier molecular flexibility index (Phi) is 4.02. The molecule has 0 aliphatic carbocycles. The molecule has 0 aliphatic rings. The highest BCUT2D eigenvalue weighted by molar-refractivity contribution is 9.08. The van der Waals surface area contributed by atoms with E-state index in [0.29, 0.717) is 5.69 Å². The van der Waals surface area contributed by atoms with E-state index in [-0.39, 0.29) is 0 Å². The van der Waals surface area contributed by atoms with Crippen molar-refractivity contribution in [3.63, 3.8) is 0 Å². The number of sulfonamides is 1. The van der Waals surface area contributed by atoms with Crippen molar-refractivity contribution in [2.45, 2.75) is 30.8 Å². The van der Waals surface area contributed by atoms with Crippen molar-refractivity contribution >= 4 is 31.6 Å². The maximum Gasteiger partial charge on any atom is 0.237 e. The predicted octanol–water partition coefficient (Wildman–Crippen LogP) is 3.12. The molecule has 0 spiro atoms. The van der Waals surface area contributed by atoms with E-state index in [1.165, 1.54) is 0 Å². The van der Waals surface area contributed by atoms with Gasteiger partial charge in [0, 0.05) is 11.0 Å². The first kappa shape index (κ1) is 13.5. The molecule has 0 amide bonds. The lowest BCUT2D eigenvalue weighted by atomic mass is 10.2. The molecule has 3 nitrogen and oxygen atoms in total. The third-order valence-corrected chi connectivity index (χ3v) is 4.93. The minimum atomic E-state index is -3.33. The zero-order chi connectivity index (χ0) is 12.4. The van der Waals surface area contributed by atoms with Gasteiger partial charge in [-0.1, -0.05) is 28.1 Å². The van der Waals surface area contributed by atoms with Crippen molar-refractivity contribution < 1.29 is 8.42 Å². The Hall–Kier alpha value is -0.550. The first-order valence-electron chi connectivity index (χ1n) is 4.93. The lowest BCUT2D eigenvalue weighted by Crippen LogP contribution is -2.33. The van der Waals surface area contributed by atoms with Crippen LogP contribution in [-0.4, -0.2) is 13.2 Å². The van der Waals surface area contributed by atoms with Crippen LogP contribution < -0.4 is 4.72 Å². The lowest BCUT2D eigenvalue weighted by Gasteiger charge is -2.20. The van der Waals surface area contributed by atoms with Crippen LogP contribution in [0.3, 0.4) is 0 Å². The molecule has 5 heteroatoms. The van der Waals surface area contributed by atoms with Crippen LogP contribution in [0.15, 0.2) is 24.3 Å². The highest BCUT2D eigenvalue weighted by Crippen LogP contribution is 2.20. The second-order valence-electron chi connectivity index (χ2n) is 4.55. The van der Waals surface area contributed by atoms with E-state index in [0.717, 1.165) is 10.9 Å². The average molecular weight is 306 g/mol. The smallest absolute Gasteiger partial charge is 0.237 e. The third-order valence-electron chi connectivity index (χ3n) is 2.17. The Balaban J connectivity index is 2.89. The molecule has 1 rings (SSSR count). The summed E-state index contributed by atoms with van der Waals surface area (Å²) in [5.74, 6) is 0. The summed E-state index contributed by atoms with van der Waals surface area (Å²) in [4.78, 5) is 0. The SMILES string of the molecule is CC(C)(C)S(=O)(=O)Nc1ccc(CBr)cc1. The van der Waals surface area contributed by atoms with Crippen LogP contribution in [-0.2, 0) is 15.4 Å². The number of benzene rings is 1. The second kappa shape index (κ2) is 4.75. The normalized spacial score (nSPS) is 12.5. The van der Waals surface area contributed by atoms with Gasteiger partial charge in [-0.3, -0.25) is 4.72 Å². The van der Waals surface area contributed by atoms with E-state index < -0.39 is 14.8 Å². The molecular formula is C11H16BrNO2S. The zero-order valence-corrected chi connectivity index (χ0v) is 12.0. The molecule has 0 heterocycles. The summed E-state index contributed by atoms with van der Waals surface area (Å²) in [5, 5.41) is 0.763. The lowest BCUT2D eigenvalue weighted by molar-refractivity contribution is 0.566. The second-order valence-corrected chi connectivity index (χ2v) is 7.54. The molecule has 1 N–H and O–H groups in total. The number of alkyl halides is 1. The molecule has 0 bridgehead atoms. The van der Waals surface area contributed by atoms with Crippen LogP contribution in [0.5, 0.6) is 0 Å². The molecule has 0 fully saturated rings. The van der Waals surface area contributed by atoms with Gasteiger partial charge in [-0.25, -0.2) is 8.42 Å². The topological polar surface area (TPSA) is 46.2 Å². The van der Waals surface area contributed by atoms with E-state index in [2.05, 4.69) is 20.7 Å². The van der Waals surface area contributed by atoms with Crippen LogP contribution in [0.1, 0.15) is 26.3 Å².